The maximum atomic E-state index is 2.47. The van der Waals surface area contributed by atoms with Gasteiger partial charge in [0.2, 0.25) is 0 Å². The molecule has 0 bridgehead atoms. The Balaban J connectivity index is 3.76. The summed E-state index contributed by atoms with van der Waals surface area (Å²) < 4.78 is 2.63. The second-order valence-electron chi connectivity index (χ2n) is 3.41. The molecule has 0 saturated heterocycles. The van der Waals surface area contributed by atoms with Crippen molar-refractivity contribution in [2.24, 2.45) is 0 Å². The van der Waals surface area contributed by atoms with E-state index in [1.165, 1.54) is 47.9 Å². The van der Waals surface area contributed by atoms with E-state index in [4.69, 9.17) is 0 Å². The lowest BCUT2D eigenvalue weighted by molar-refractivity contribution is -0.923. The minimum atomic E-state index is 1.30. The molecule has 0 heterocycles. The number of alkyl halides is 1. The first kappa shape index (κ1) is 12.7. The van der Waals surface area contributed by atoms with E-state index in [1.807, 2.05) is 0 Å². The molecule has 0 aromatic rings. The van der Waals surface area contributed by atoms with Crippen LogP contribution in [0.15, 0.2) is 0 Å². The highest BCUT2D eigenvalue weighted by molar-refractivity contribution is 14.1. The molecule has 0 fully saturated rings. The van der Waals surface area contributed by atoms with Crippen LogP contribution in [0.4, 0.5) is 0 Å². The molecular formula is C10H23IN+. The van der Waals surface area contributed by atoms with Gasteiger partial charge >= 0.3 is 0 Å². The van der Waals surface area contributed by atoms with Crippen molar-refractivity contribution in [3.63, 3.8) is 0 Å². The zero-order chi connectivity index (χ0) is 9.45. The second-order valence-corrected chi connectivity index (χ2v) is 4.49. The Hall–Kier alpha value is 0.690. The minimum absolute atomic E-state index is 1.30. The van der Waals surface area contributed by atoms with Crippen LogP contribution in [0.1, 0.15) is 33.6 Å². The maximum absolute atomic E-state index is 2.47. The van der Waals surface area contributed by atoms with Crippen LogP contribution < -0.4 is 0 Å². The van der Waals surface area contributed by atoms with Gasteiger partial charge in [-0.05, 0) is 38.0 Å². The first-order chi connectivity index (χ1) is 5.74. The van der Waals surface area contributed by atoms with Crippen LogP contribution in [-0.4, -0.2) is 35.1 Å². The Kier molecular flexibility index (Phi) is 7.54. The fourth-order valence-electron chi connectivity index (χ4n) is 1.69. The molecule has 0 unspecified atom stereocenters. The van der Waals surface area contributed by atoms with Gasteiger partial charge in [0.15, 0.2) is 0 Å². The zero-order valence-corrected chi connectivity index (χ0v) is 10.9. The van der Waals surface area contributed by atoms with Gasteiger partial charge in [0.05, 0.1) is 26.2 Å². The molecule has 0 aliphatic carbocycles. The molecule has 74 valence electrons. The molecule has 12 heavy (non-hydrogen) atoms. The number of halogens is 1. The summed E-state index contributed by atoms with van der Waals surface area (Å²) in [6.07, 6.45) is 2.79. The molecule has 0 aromatic heterocycles. The maximum Gasteiger partial charge on any atom is 0.0786 e. The molecule has 1 nitrogen and oxygen atoms in total. The normalized spacial score (nSPS) is 12.0. The summed E-state index contributed by atoms with van der Waals surface area (Å²) in [5, 5.41) is 0. The van der Waals surface area contributed by atoms with Crippen molar-refractivity contribution in [2.45, 2.75) is 33.6 Å². The topological polar surface area (TPSA) is 0 Å². The van der Waals surface area contributed by atoms with Crippen molar-refractivity contribution in [3.8, 4) is 0 Å². The summed E-state index contributed by atoms with van der Waals surface area (Å²) in [5.41, 5.74) is 0. The van der Waals surface area contributed by atoms with Crippen molar-refractivity contribution in [3.05, 3.63) is 0 Å². The van der Waals surface area contributed by atoms with Crippen LogP contribution in [0.2, 0.25) is 0 Å². The molecule has 0 spiro atoms. The van der Waals surface area contributed by atoms with Crippen LogP contribution >= 0.6 is 22.6 Å². The van der Waals surface area contributed by atoms with E-state index < -0.39 is 0 Å². The fraction of sp³-hybridized carbons (Fsp3) is 1.00. The van der Waals surface area contributed by atoms with Crippen LogP contribution in [0.5, 0.6) is 0 Å². The van der Waals surface area contributed by atoms with Gasteiger partial charge in [-0.3, -0.25) is 0 Å². The average Bonchev–Trinajstić information content (AvgIpc) is 2.14. The number of unbranched alkanes of at least 4 members (excludes halogenated alkanes) is 1. The van der Waals surface area contributed by atoms with Gasteiger partial charge in [-0.2, -0.15) is 0 Å². The van der Waals surface area contributed by atoms with E-state index in [9.17, 15) is 0 Å². The highest BCUT2D eigenvalue weighted by Crippen LogP contribution is 2.08. The van der Waals surface area contributed by atoms with E-state index in [-0.39, 0.29) is 0 Å². The van der Waals surface area contributed by atoms with Crippen LogP contribution in [0.3, 0.4) is 0 Å². The molecule has 0 N–H and O–H groups in total. The van der Waals surface area contributed by atoms with Gasteiger partial charge < -0.3 is 4.48 Å². The van der Waals surface area contributed by atoms with E-state index in [1.54, 1.807) is 0 Å². The summed E-state index contributed by atoms with van der Waals surface area (Å²) >= 11 is 2.47. The number of nitrogens with zero attached hydrogens (tertiary/aromatic N) is 1. The Labute approximate surface area is 91.3 Å². The second kappa shape index (κ2) is 7.13. The molecule has 0 aliphatic rings. The van der Waals surface area contributed by atoms with Crippen LogP contribution in [-0.2, 0) is 0 Å². The van der Waals surface area contributed by atoms with Gasteiger partial charge in [-0.1, -0.05) is 22.6 Å². The molecular weight excluding hydrogens is 261 g/mol. The summed E-state index contributed by atoms with van der Waals surface area (Å²) in [4.78, 5) is 0. The van der Waals surface area contributed by atoms with E-state index in [0.29, 0.717) is 0 Å². The summed E-state index contributed by atoms with van der Waals surface area (Å²) in [6.45, 7) is 12.2. The molecule has 0 rings (SSSR count). The van der Waals surface area contributed by atoms with E-state index >= 15 is 0 Å². The first-order valence-corrected chi connectivity index (χ1v) is 6.68. The van der Waals surface area contributed by atoms with Crippen LogP contribution in [0.25, 0.3) is 0 Å². The van der Waals surface area contributed by atoms with Gasteiger partial charge in [-0.15, -0.1) is 0 Å². The third-order valence-corrected chi connectivity index (χ3v) is 3.79. The van der Waals surface area contributed by atoms with Gasteiger partial charge in [-0.25, -0.2) is 0 Å². The number of rotatable bonds is 7. The first-order valence-electron chi connectivity index (χ1n) is 5.15. The largest absolute Gasteiger partial charge is 0.324 e. The average molecular weight is 284 g/mol. The Morgan fingerprint density at radius 1 is 0.917 bits per heavy atom. The van der Waals surface area contributed by atoms with Gasteiger partial charge in [0.25, 0.3) is 0 Å². The minimum Gasteiger partial charge on any atom is -0.324 e. The van der Waals surface area contributed by atoms with Crippen molar-refractivity contribution >= 4 is 22.6 Å². The summed E-state index contributed by atoms with van der Waals surface area (Å²) in [6, 6.07) is 0. The van der Waals surface area contributed by atoms with Gasteiger partial charge in [0.1, 0.15) is 0 Å². The molecule has 0 aromatic carbocycles. The monoisotopic (exact) mass is 284 g/mol. The molecule has 0 radical (unpaired) electrons. The summed E-state index contributed by atoms with van der Waals surface area (Å²) in [7, 11) is 0. The highest BCUT2D eigenvalue weighted by atomic mass is 127. The predicted octanol–water partition coefficient (Wildman–Crippen LogP) is 3.08. The van der Waals surface area contributed by atoms with Crippen molar-refractivity contribution in [1.29, 1.82) is 0 Å². The lowest BCUT2D eigenvalue weighted by Gasteiger charge is -2.35. The molecule has 2 heteroatoms. The van der Waals surface area contributed by atoms with Crippen molar-refractivity contribution < 1.29 is 4.48 Å². The Morgan fingerprint density at radius 2 is 1.42 bits per heavy atom. The molecule has 0 aliphatic heterocycles. The highest BCUT2D eigenvalue weighted by Gasteiger charge is 2.18. The smallest absolute Gasteiger partial charge is 0.0786 e. The Morgan fingerprint density at radius 3 is 1.75 bits per heavy atom. The van der Waals surface area contributed by atoms with Crippen LogP contribution in [0, 0.1) is 0 Å². The fourth-order valence-corrected chi connectivity index (χ4v) is 2.23. The third-order valence-electron chi connectivity index (χ3n) is 3.03. The van der Waals surface area contributed by atoms with Gasteiger partial charge in [0, 0.05) is 0 Å². The van der Waals surface area contributed by atoms with E-state index in [2.05, 4.69) is 43.4 Å². The SMILES string of the molecule is CC[N+](CC)(CC)CCCCI. The Bertz CT molecular complexity index is 91.7. The third kappa shape index (κ3) is 4.08. The van der Waals surface area contributed by atoms with Crippen molar-refractivity contribution in [2.75, 3.05) is 30.6 Å². The van der Waals surface area contributed by atoms with E-state index in [0.717, 1.165) is 0 Å². The molecule has 0 amide bonds. The standard InChI is InChI=1S/C10H23IN/c1-4-12(5-2,6-3)10-8-7-9-11/h4-10H2,1-3H3/q+1. The van der Waals surface area contributed by atoms with Crippen molar-refractivity contribution in [1.82, 2.24) is 0 Å². The number of hydrogen-bond acceptors (Lipinski definition) is 0. The zero-order valence-electron chi connectivity index (χ0n) is 8.77. The number of quaternary nitrogens is 1. The summed E-state index contributed by atoms with van der Waals surface area (Å²) in [5.74, 6) is 0. The quantitative estimate of drug-likeness (QED) is 0.292. The lowest BCUT2D eigenvalue weighted by atomic mass is 10.2. The lowest BCUT2D eigenvalue weighted by Crippen LogP contribution is -2.48. The molecule has 0 saturated carbocycles. The predicted molar refractivity (Wildman–Crippen MR) is 64.9 cm³/mol. The number of hydrogen-bond donors (Lipinski definition) is 0. The molecule has 0 atom stereocenters.